The Bertz CT molecular complexity index is 631. The van der Waals surface area contributed by atoms with E-state index in [1.807, 2.05) is 6.07 Å². The second-order valence-electron chi connectivity index (χ2n) is 4.77. The highest BCUT2D eigenvalue weighted by Crippen LogP contribution is 2.31. The average Bonchev–Trinajstić information content (AvgIpc) is 3.01. The van der Waals surface area contributed by atoms with Gasteiger partial charge in [-0.05, 0) is 55.2 Å². The zero-order valence-electron chi connectivity index (χ0n) is 11.1. The number of nitrogens with one attached hydrogen (secondary N) is 1. The third-order valence-electron chi connectivity index (χ3n) is 3.31. The van der Waals surface area contributed by atoms with Crippen LogP contribution in [0.5, 0.6) is 5.75 Å². The summed E-state index contributed by atoms with van der Waals surface area (Å²) in [4.78, 5) is 14.1. The number of amides is 1. The largest absolute Gasteiger partial charge is 0.435 e. The first-order valence-corrected chi connectivity index (χ1v) is 7.41. The highest BCUT2D eigenvalue weighted by Gasteiger charge is 2.18. The van der Waals surface area contributed by atoms with Crippen LogP contribution in [-0.4, -0.2) is 12.5 Å². The maximum absolute atomic E-state index is 12.1. The third-order valence-corrected chi connectivity index (χ3v) is 4.54. The normalized spacial score (nSPS) is 13.3. The molecule has 21 heavy (non-hydrogen) atoms. The van der Waals surface area contributed by atoms with Gasteiger partial charge in [-0.25, -0.2) is 0 Å². The molecular weight excluding hydrogens is 296 g/mol. The van der Waals surface area contributed by atoms with E-state index in [0.29, 0.717) is 10.6 Å². The summed E-state index contributed by atoms with van der Waals surface area (Å²) in [6, 6.07) is 7.82. The summed E-state index contributed by atoms with van der Waals surface area (Å²) >= 11 is 1.53. The molecule has 0 bridgehead atoms. The molecule has 1 aliphatic rings. The van der Waals surface area contributed by atoms with Crippen LogP contribution >= 0.6 is 11.3 Å². The first-order valence-electron chi connectivity index (χ1n) is 6.59. The summed E-state index contributed by atoms with van der Waals surface area (Å²) in [6.07, 6.45) is 3.25. The second-order valence-corrected chi connectivity index (χ2v) is 5.91. The van der Waals surface area contributed by atoms with E-state index in [4.69, 9.17) is 0 Å². The number of anilines is 1. The van der Waals surface area contributed by atoms with Gasteiger partial charge in [0.2, 0.25) is 0 Å². The summed E-state index contributed by atoms with van der Waals surface area (Å²) in [5.41, 5.74) is 1.82. The molecule has 110 valence electrons. The predicted molar refractivity (Wildman–Crippen MR) is 77.4 cm³/mol. The van der Waals surface area contributed by atoms with E-state index in [1.54, 1.807) is 0 Å². The molecule has 0 spiro atoms. The smallest absolute Gasteiger partial charge is 0.387 e. The van der Waals surface area contributed by atoms with Gasteiger partial charge in [0.05, 0.1) is 4.88 Å². The Morgan fingerprint density at radius 3 is 2.67 bits per heavy atom. The zero-order valence-corrected chi connectivity index (χ0v) is 11.9. The molecule has 0 unspecified atom stereocenters. The first kappa shape index (κ1) is 14.0. The van der Waals surface area contributed by atoms with Gasteiger partial charge in [-0.1, -0.05) is 0 Å². The van der Waals surface area contributed by atoms with Crippen LogP contribution in [0.3, 0.4) is 0 Å². The number of aryl methyl sites for hydroxylation is 2. The number of hydrogen-bond acceptors (Lipinski definition) is 3. The number of ether oxygens (including phenoxy) is 1. The average molecular weight is 309 g/mol. The molecule has 3 nitrogen and oxygen atoms in total. The molecule has 6 heteroatoms. The topological polar surface area (TPSA) is 38.3 Å². The van der Waals surface area contributed by atoms with Crippen molar-refractivity contribution in [3.05, 3.63) is 45.6 Å². The molecule has 1 amide bonds. The van der Waals surface area contributed by atoms with E-state index >= 15 is 0 Å². The maximum Gasteiger partial charge on any atom is 0.387 e. The van der Waals surface area contributed by atoms with Crippen molar-refractivity contribution in [3.63, 3.8) is 0 Å². The van der Waals surface area contributed by atoms with Gasteiger partial charge >= 0.3 is 6.61 Å². The van der Waals surface area contributed by atoms with Gasteiger partial charge in [-0.2, -0.15) is 8.78 Å². The summed E-state index contributed by atoms with van der Waals surface area (Å²) in [7, 11) is 0. The summed E-state index contributed by atoms with van der Waals surface area (Å²) in [5.74, 6) is -0.102. The molecule has 0 saturated heterocycles. The third kappa shape index (κ3) is 3.21. The van der Waals surface area contributed by atoms with Crippen LogP contribution in [0.4, 0.5) is 14.5 Å². The van der Waals surface area contributed by atoms with E-state index in [9.17, 15) is 13.6 Å². The van der Waals surface area contributed by atoms with Crippen LogP contribution in [0.15, 0.2) is 30.3 Å². The van der Waals surface area contributed by atoms with Crippen molar-refractivity contribution in [1.82, 2.24) is 0 Å². The number of alkyl halides is 2. The van der Waals surface area contributed by atoms with Crippen molar-refractivity contribution < 1.29 is 18.3 Å². The number of halogens is 2. The van der Waals surface area contributed by atoms with Crippen LogP contribution in [0.25, 0.3) is 0 Å². The van der Waals surface area contributed by atoms with Crippen molar-refractivity contribution in [2.24, 2.45) is 0 Å². The lowest BCUT2D eigenvalue weighted by Gasteiger charge is -2.06. The van der Waals surface area contributed by atoms with Crippen LogP contribution in [0.2, 0.25) is 0 Å². The van der Waals surface area contributed by atoms with Crippen molar-refractivity contribution in [1.29, 1.82) is 0 Å². The van der Waals surface area contributed by atoms with E-state index in [1.165, 1.54) is 46.0 Å². The maximum atomic E-state index is 12.1. The first-order chi connectivity index (χ1) is 10.1. The molecular formula is C15H13F2NO2S. The zero-order chi connectivity index (χ0) is 14.8. The Balaban J connectivity index is 1.66. The SMILES string of the molecule is O=C(Nc1ccc(OC(F)F)cc1)c1cc2c(s1)CCC2. The van der Waals surface area contributed by atoms with E-state index in [2.05, 4.69) is 10.1 Å². The molecule has 0 radical (unpaired) electrons. The van der Waals surface area contributed by atoms with Gasteiger partial charge < -0.3 is 10.1 Å². The van der Waals surface area contributed by atoms with Crippen LogP contribution in [-0.2, 0) is 12.8 Å². The summed E-state index contributed by atoms with van der Waals surface area (Å²) < 4.78 is 28.3. The molecule has 1 heterocycles. The van der Waals surface area contributed by atoms with Crippen LogP contribution < -0.4 is 10.1 Å². The summed E-state index contributed by atoms with van der Waals surface area (Å²) in [5, 5.41) is 2.76. The molecule has 3 rings (SSSR count). The Labute approximate surface area is 124 Å². The minimum absolute atomic E-state index is 0.0677. The van der Waals surface area contributed by atoms with Gasteiger partial charge in [-0.3, -0.25) is 4.79 Å². The number of hydrogen-bond donors (Lipinski definition) is 1. The van der Waals surface area contributed by atoms with Gasteiger partial charge in [0, 0.05) is 10.6 Å². The number of carbonyl (C=O) groups excluding carboxylic acids is 1. The second kappa shape index (κ2) is 5.81. The van der Waals surface area contributed by atoms with Gasteiger partial charge in [-0.15, -0.1) is 11.3 Å². The number of thiophene rings is 1. The Hall–Kier alpha value is -1.95. The molecule has 1 aromatic heterocycles. The lowest BCUT2D eigenvalue weighted by atomic mass is 10.2. The molecule has 1 aliphatic carbocycles. The van der Waals surface area contributed by atoms with Crippen molar-refractivity contribution in [2.45, 2.75) is 25.9 Å². The molecule has 1 aromatic carbocycles. The van der Waals surface area contributed by atoms with Crippen molar-refractivity contribution in [2.75, 3.05) is 5.32 Å². The molecule has 1 N–H and O–H groups in total. The standard InChI is InChI=1S/C15H13F2NO2S/c16-15(17)20-11-6-4-10(5-7-11)18-14(19)13-8-9-2-1-3-12(9)21-13/h4-8,15H,1-3H2,(H,18,19). The molecule has 2 aromatic rings. The highest BCUT2D eigenvalue weighted by molar-refractivity contribution is 7.14. The predicted octanol–water partition coefficient (Wildman–Crippen LogP) is 4.09. The van der Waals surface area contributed by atoms with E-state index in [0.717, 1.165) is 19.3 Å². The Morgan fingerprint density at radius 1 is 1.24 bits per heavy atom. The highest BCUT2D eigenvalue weighted by atomic mass is 32.1. The lowest BCUT2D eigenvalue weighted by molar-refractivity contribution is -0.0498. The van der Waals surface area contributed by atoms with Crippen LogP contribution in [0, 0.1) is 0 Å². The van der Waals surface area contributed by atoms with Gasteiger partial charge in [0.15, 0.2) is 0 Å². The number of rotatable bonds is 4. The molecule has 0 saturated carbocycles. The van der Waals surface area contributed by atoms with E-state index < -0.39 is 6.61 Å². The van der Waals surface area contributed by atoms with Gasteiger partial charge in [0.1, 0.15) is 5.75 Å². The fourth-order valence-electron chi connectivity index (χ4n) is 2.35. The summed E-state index contributed by atoms with van der Waals surface area (Å²) in [6.45, 7) is -2.85. The fourth-order valence-corrected chi connectivity index (χ4v) is 3.50. The number of benzene rings is 1. The number of carbonyl (C=O) groups is 1. The molecule has 0 aliphatic heterocycles. The van der Waals surface area contributed by atoms with E-state index in [-0.39, 0.29) is 11.7 Å². The van der Waals surface area contributed by atoms with Crippen molar-refractivity contribution in [3.8, 4) is 5.75 Å². The Kier molecular flexibility index (Phi) is 3.88. The quantitative estimate of drug-likeness (QED) is 0.924. The Morgan fingerprint density at radius 2 is 2.00 bits per heavy atom. The van der Waals surface area contributed by atoms with Gasteiger partial charge in [0.25, 0.3) is 5.91 Å². The minimum Gasteiger partial charge on any atom is -0.435 e. The molecule has 0 atom stereocenters. The fraction of sp³-hybridized carbons (Fsp3) is 0.267. The minimum atomic E-state index is -2.85. The van der Waals surface area contributed by atoms with Crippen molar-refractivity contribution >= 4 is 22.9 Å². The lowest BCUT2D eigenvalue weighted by Crippen LogP contribution is -2.10. The van der Waals surface area contributed by atoms with Crippen LogP contribution in [0.1, 0.15) is 26.5 Å². The monoisotopic (exact) mass is 309 g/mol. The number of fused-ring (bicyclic) bond motifs is 1. The molecule has 0 fully saturated rings.